The molecule has 110 valence electrons. The molecular weight excluding hydrogens is 264 g/mol. The number of nitrogens with one attached hydrogen (secondary N) is 1. The van der Waals surface area contributed by atoms with Crippen LogP contribution in [0.1, 0.15) is 27.5 Å². The molecule has 0 aliphatic rings. The summed E-state index contributed by atoms with van der Waals surface area (Å²) in [5.74, 6) is -0.158. The Balaban J connectivity index is 2.04. The molecule has 1 atom stereocenters. The van der Waals surface area contributed by atoms with Gasteiger partial charge < -0.3 is 10.2 Å². The molecule has 2 aromatic rings. The van der Waals surface area contributed by atoms with E-state index in [-0.39, 0.29) is 11.9 Å². The first kappa shape index (κ1) is 15.1. The lowest BCUT2D eigenvalue weighted by Crippen LogP contribution is -2.34. The highest BCUT2D eigenvalue weighted by molar-refractivity contribution is 5.93. The van der Waals surface area contributed by atoms with E-state index in [4.69, 9.17) is 0 Å². The molecule has 2 rings (SSSR count). The molecule has 5 nitrogen and oxygen atoms in total. The molecular formula is C16H20N4O. The van der Waals surface area contributed by atoms with Gasteiger partial charge in [0, 0.05) is 18.9 Å². The summed E-state index contributed by atoms with van der Waals surface area (Å²) in [7, 11) is 4.00. The molecule has 0 aliphatic carbocycles. The number of carbonyl (C=O) groups excluding carboxylic acids is 1. The van der Waals surface area contributed by atoms with Crippen LogP contribution in [-0.4, -0.2) is 41.4 Å². The Labute approximate surface area is 125 Å². The highest BCUT2D eigenvalue weighted by Crippen LogP contribution is 2.18. The first-order valence-corrected chi connectivity index (χ1v) is 6.84. The first-order valence-electron chi connectivity index (χ1n) is 6.84. The van der Waals surface area contributed by atoms with Crippen molar-refractivity contribution in [3.8, 4) is 0 Å². The summed E-state index contributed by atoms with van der Waals surface area (Å²) < 4.78 is 0. The third-order valence-electron chi connectivity index (χ3n) is 3.36. The van der Waals surface area contributed by atoms with Crippen LogP contribution < -0.4 is 5.32 Å². The molecule has 0 spiro atoms. The smallest absolute Gasteiger partial charge is 0.254 e. The lowest BCUT2D eigenvalue weighted by atomic mass is 10.0. The normalized spacial score (nSPS) is 12.2. The molecule has 1 amide bonds. The fraction of sp³-hybridized carbons (Fsp3) is 0.312. The maximum Gasteiger partial charge on any atom is 0.254 e. The fourth-order valence-electron chi connectivity index (χ4n) is 2.09. The van der Waals surface area contributed by atoms with Crippen molar-refractivity contribution in [1.29, 1.82) is 0 Å². The van der Waals surface area contributed by atoms with Crippen molar-refractivity contribution >= 4 is 5.91 Å². The average Bonchev–Trinajstić information content (AvgIpc) is 2.49. The number of aryl methyl sites for hydroxylation is 1. The summed E-state index contributed by atoms with van der Waals surface area (Å²) >= 11 is 0. The summed E-state index contributed by atoms with van der Waals surface area (Å²) in [4.78, 5) is 21.8. The summed E-state index contributed by atoms with van der Waals surface area (Å²) in [5.41, 5.74) is 2.87. The van der Waals surface area contributed by atoms with E-state index in [0.29, 0.717) is 12.1 Å². The van der Waals surface area contributed by atoms with Gasteiger partial charge in [-0.2, -0.15) is 0 Å². The highest BCUT2D eigenvalue weighted by Gasteiger charge is 2.15. The van der Waals surface area contributed by atoms with Gasteiger partial charge in [0.2, 0.25) is 0 Å². The van der Waals surface area contributed by atoms with Crippen molar-refractivity contribution in [1.82, 2.24) is 20.2 Å². The quantitative estimate of drug-likeness (QED) is 0.910. The van der Waals surface area contributed by atoms with Crippen LogP contribution in [0.3, 0.4) is 0 Å². The second-order valence-electron chi connectivity index (χ2n) is 5.23. The Morgan fingerprint density at radius 2 is 1.81 bits per heavy atom. The molecule has 21 heavy (non-hydrogen) atoms. The zero-order valence-electron chi connectivity index (χ0n) is 12.6. The number of amides is 1. The number of hydrogen-bond donors (Lipinski definition) is 1. The molecule has 0 saturated carbocycles. The molecule has 0 aliphatic heterocycles. The van der Waals surface area contributed by atoms with E-state index in [9.17, 15) is 4.79 Å². The van der Waals surface area contributed by atoms with Crippen molar-refractivity contribution in [3.05, 3.63) is 59.7 Å². The monoisotopic (exact) mass is 284 g/mol. The van der Waals surface area contributed by atoms with Crippen LogP contribution in [0.25, 0.3) is 0 Å². The van der Waals surface area contributed by atoms with Crippen molar-refractivity contribution in [2.45, 2.75) is 13.0 Å². The Hall–Kier alpha value is -2.27. The first-order chi connectivity index (χ1) is 10.1. The summed E-state index contributed by atoms with van der Waals surface area (Å²) in [6.07, 6.45) is 4.43. The van der Waals surface area contributed by atoms with E-state index in [1.807, 2.05) is 14.1 Å². The Morgan fingerprint density at radius 3 is 2.38 bits per heavy atom. The third kappa shape index (κ3) is 4.10. The standard InChI is InChI=1S/C16H20N4O/c1-12-4-6-13(7-5-12)15(20(2)3)10-19-16(21)14-8-17-11-18-9-14/h4-9,11,15H,10H2,1-3H3,(H,19,21). The maximum atomic E-state index is 12.0. The third-order valence-corrected chi connectivity index (χ3v) is 3.36. The van der Waals surface area contributed by atoms with Crippen LogP contribution in [0.4, 0.5) is 0 Å². The molecule has 5 heteroatoms. The lowest BCUT2D eigenvalue weighted by molar-refractivity contribution is 0.0941. The van der Waals surface area contributed by atoms with E-state index in [1.165, 1.54) is 29.8 Å². The van der Waals surface area contributed by atoms with E-state index < -0.39 is 0 Å². The van der Waals surface area contributed by atoms with Gasteiger partial charge in [0.15, 0.2) is 0 Å². The zero-order chi connectivity index (χ0) is 15.2. The van der Waals surface area contributed by atoms with Crippen LogP contribution in [0.5, 0.6) is 0 Å². The van der Waals surface area contributed by atoms with Gasteiger partial charge in [0.25, 0.3) is 5.91 Å². The van der Waals surface area contributed by atoms with E-state index in [1.54, 1.807) is 0 Å². The second kappa shape index (κ2) is 6.95. The molecule has 0 radical (unpaired) electrons. The van der Waals surface area contributed by atoms with Gasteiger partial charge in [0.05, 0.1) is 11.6 Å². The topological polar surface area (TPSA) is 58.1 Å². The molecule has 0 saturated heterocycles. The van der Waals surface area contributed by atoms with Gasteiger partial charge in [-0.05, 0) is 26.6 Å². The number of nitrogens with zero attached hydrogens (tertiary/aromatic N) is 3. The number of likely N-dealkylation sites (N-methyl/N-ethyl adjacent to an activating group) is 1. The number of aromatic nitrogens is 2. The predicted molar refractivity (Wildman–Crippen MR) is 82.0 cm³/mol. The molecule has 1 unspecified atom stereocenters. The Kier molecular flexibility index (Phi) is 5.00. The minimum absolute atomic E-state index is 0.124. The molecule has 1 aromatic carbocycles. The van der Waals surface area contributed by atoms with Crippen LogP contribution in [-0.2, 0) is 0 Å². The number of hydrogen-bond acceptors (Lipinski definition) is 4. The minimum atomic E-state index is -0.158. The second-order valence-corrected chi connectivity index (χ2v) is 5.23. The van der Waals surface area contributed by atoms with Crippen LogP contribution in [0.15, 0.2) is 43.0 Å². The van der Waals surface area contributed by atoms with Gasteiger partial charge in [-0.1, -0.05) is 29.8 Å². The summed E-state index contributed by atoms with van der Waals surface area (Å²) in [5, 5.41) is 2.93. The highest BCUT2D eigenvalue weighted by atomic mass is 16.1. The van der Waals surface area contributed by atoms with Crippen LogP contribution in [0.2, 0.25) is 0 Å². The van der Waals surface area contributed by atoms with Crippen molar-refractivity contribution in [2.24, 2.45) is 0 Å². The van der Waals surface area contributed by atoms with E-state index in [2.05, 4.69) is 51.4 Å². The number of rotatable bonds is 5. The SMILES string of the molecule is Cc1ccc(C(CNC(=O)c2cncnc2)N(C)C)cc1. The van der Waals surface area contributed by atoms with Crippen LogP contribution in [0, 0.1) is 6.92 Å². The largest absolute Gasteiger partial charge is 0.350 e. The van der Waals surface area contributed by atoms with Crippen molar-refractivity contribution in [2.75, 3.05) is 20.6 Å². The van der Waals surface area contributed by atoms with Crippen molar-refractivity contribution < 1.29 is 4.79 Å². The molecule has 0 bridgehead atoms. The van der Waals surface area contributed by atoms with E-state index >= 15 is 0 Å². The Bertz CT molecular complexity index is 581. The number of carbonyl (C=O) groups is 1. The predicted octanol–water partition coefficient (Wildman–Crippen LogP) is 1.82. The summed E-state index contributed by atoms with van der Waals surface area (Å²) in [6, 6.07) is 8.48. The summed E-state index contributed by atoms with van der Waals surface area (Å²) in [6.45, 7) is 2.59. The van der Waals surface area contributed by atoms with Gasteiger partial charge in [-0.15, -0.1) is 0 Å². The Morgan fingerprint density at radius 1 is 1.19 bits per heavy atom. The molecule has 1 N–H and O–H groups in total. The van der Waals surface area contributed by atoms with Crippen molar-refractivity contribution in [3.63, 3.8) is 0 Å². The molecule has 1 aromatic heterocycles. The maximum absolute atomic E-state index is 12.0. The fourth-order valence-corrected chi connectivity index (χ4v) is 2.09. The zero-order valence-corrected chi connectivity index (χ0v) is 12.6. The number of benzene rings is 1. The average molecular weight is 284 g/mol. The van der Waals surface area contributed by atoms with Gasteiger partial charge in [0.1, 0.15) is 6.33 Å². The minimum Gasteiger partial charge on any atom is -0.350 e. The van der Waals surface area contributed by atoms with Crippen LogP contribution >= 0.6 is 0 Å². The van der Waals surface area contributed by atoms with Gasteiger partial charge in [-0.25, -0.2) is 9.97 Å². The lowest BCUT2D eigenvalue weighted by Gasteiger charge is -2.25. The molecule has 0 fully saturated rings. The van der Waals surface area contributed by atoms with E-state index in [0.717, 1.165) is 0 Å². The van der Waals surface area contributed by atoms with Gasteiger partial charge >= 0.3 is 0 Å². The van der Waals surface area contributed by atoms with Gasteiger partial charge in [-0.3, -0.25) is 4.79 Å². The molecule has 1 heterocycles.